The van der Waals surface area contributed by atoms with Gasteiger partial charge in [0.1, 0.15) is 5.54 Å². The predicted molar refractivity (Wildman–Crippen MR) is 82.4 cm³/mol. The van der Waals surface area contributed by atoms with Gasteiger partial charge < -0.3 is 10.0 Å². The van der Waals surface area contributed by atoms with Gasteiger partial charge in [0, 0.05) is 18.1 Å². The van der Waals surface area contributed by atoms with Gasteiger partial charge in [-0.2, -0.15) is 0 Å². The van der Waals surface area contributed by atoms with Crippen LogP contribution in [0.1, 0.15) is 25.3 Å². The Bertz CT molecular complexity index is 738. The highest BCUT2D eigenvalue weighted by molar-refractivity contribution is 5.91. The number of carbonyl (C=O) groups excluding carboxylic acids is 1. The van der Waals surface area contributed by atoms with Gasteiger partial charge in [-0.15, -0.1) is 0 Å². The van der Waals surface area contributed by atoms with Gasteiger partial charge in [-0.25, -0.2) is 4.79 Å². The fourth-order valence-electron chi connectivity index (χ4n) is 3.15. The van der Waals surface area contributed by atoms with Crippen LogP contribution >= 0.6 is 0 Å². The van der Waals surface area contributed by atoms with Gasteiger partial charge in [-0.1, -0.05) is 24.3 Å². The van der Waals surface area contributed by atoms with Gasteiger partial charge >= 0.3 is 5.97 Å². The second kappa shape index (κ2) is 5.40. The number of fused-ring (bicyclic) bond motifs is 1. The van der Waals surface area contributed by atoms with E-state index in [1.165, 1.54) is 4.90 Å². The molecular formula is C17H18N2O3. The number of carboxylic acid groups (broad SMARTS) is 1. The molecular weight excluding hydrogens is 280 g/mol. The highest BCUT2D eigenvalue weighted by Crippen LogP contribution is 2.30. The number of amides is 1. The minimum Gasteiger partial charge on any atom is -0.480 e. The maximum Gasteiger partial charge on any atom is 0.329 e. The van der Waals surface area contributed by atoms with E-state index in [0.29, 0.717) is 13.0 Å². The Morgan fingerprint density at radius 3 is 2.86 bits per heavy atom. The van der Waals surface area contributed by atoms with Gasteiger partial charge in [0.2, 0.25) is 5.91 Å². The first-order chi connectivity index (χ1) is 10.5. The molecule has 1 unspecified atom stereocenters. The molecule has 5 nitrogen and oxygen atoms in total. The second-order valence-electron chi connectivity index (χ2n) is 5.90. The molecule has 0 saturated carbocycles. The molecule has 1 aromatic heterocycles. The van der Waals surface area contributed by atoms with Crippen molar-refractivity contribution in [3.05, 3.63) is 42.1 Å². The second-order valence-corrected chi connectivity index (χ2v) is 5.90. The smallest absolute Gasteiger partial charge is 0.329 e. The monoisotopic (exact) mass is 298 g/mol. The number of nitrogens with zero attached hydrogens (tertiary/aromatic N) is 2. The highest BCUT2D eigenvalue weighted by atomic mass is 16.4. The van der Waals surface area contributed by atoms with Gasteiger partial charge in [0.15, 0.2) is 0 Å². The summed E-state index contributed by atoms with van der Waals surface area (Å²) in [6.45, 7) is 2.13. The van der Waals surface area contributed by atoms with Crippen molar-refractivity contribution in [1.29, 1.82) is 0 Å². The summed E-state index contributed by atoms with van der Waals surface area (Å²) in [5, 5.41) is 10.4. The van der Waals surface area contributed by atoms with E-state index < -0.39 is 11.5 Å². The Morgan fingerprint density at radius 1 is 1.32 bits per heavy atom. The lowest BCUT2D eigenvalue weighted by atomic mass is 9.98. The third kappa shape index (κ3) is 2.32. The zero-order chi connectivity index (χ0) is 15.7. The normalized spacial score (nSPS) is 21.2. The van der Waals surface area contributed by atoms with E-state index in [1.54, 1.807) is 13.1 Å². The summed E-state index contributed by atoms with van der Waals surface area (Å²) in [5.41, 5.74) is 0.548. The van der Waals surface area contributed by atoms with Crippen LogP contribution in [-0.4, -0.2) is 39.0 Å². The molecule has 1 aromatic carbocycles. The van der Waals surface area contributed by atoms with Crippen molar-refractivity contribution in [2.45, 2.75) is 31.7 Å². The molecule has 2 aromatic rings. The number of carbonyl (C=O) groups is 2. The molecule has 1 saturated heterocycles. The number of likely N-dealkylation sites (tertiary alicyclic amines) is 1. The first-order valence-electron chi connectivity index (χ1n) is 7.39. The van der Waals surface area contributed by atoms with E-state index in [-0.39, 0.29) is 12.3 Å². The Kier molecular flexibility index (Phi) is 3.56. The summed E-state index contributed by atoms with van der Waals surface area (Å²) in [5.74, 6) is -1.09. The molecule has 1 amide bonds. The maximum absolute atomic E-state index is 12.6. The van der Waals surface area contributed by atoms with Crippen LogP contribution in [0.3, 0.4) is 0 Å². The van der Waals surface area contributed by atoms with Crippen LogP contribution in [0.5, 0.6) is 0 Å². The van der Waals surface area contributed by atoms with Crippen LogP contribution in [0.4, 0.5) is 0 Å². The molecule has 5 heteroatoms. The molecule has 1 aliphatic rings. The number of aliphatic carboxylic acids is 1. The van der Waals surface area contributed by atoms with E-state index in [1.807, 2.05) is 30.3 Å². The van der Waals surface area contributed by atoms with Crippen molar-refractivity contribution in [2.24, 2.45) is 0 Å². The van der Waals surface area contributed by atoms with E-state index in [0.717, 1.165) is 22.9 Å². The fraction of sp³-hybridized carbons (Fsp3) is 0.353. The van der Waals surface area contributed by atoms with Crippen molar-refractivity contribution in [1.82, 2.24) is 9.88 Å². The first-order valence-corrected chi connectivity index (χ1v) is 7.39. The minimum absolute atomic E-state index is 0.152. The Labute approximate surface area is 128 Å². The zero-order valence-electron chi connectivity index (χ0n) is 12.5. The first kappa shape index (κ1) is 14.5. The lowest BCUT2D eigenvalue weighted by Crippen LogP contribution is -2.51. The quantitative estimate of drug-likeness (QED) is 0.943. The molecule has 114 valence electrons. The number of pyridine rings is 1. The summed E-state index contributed by atoms with van der Waals surface area (Å²) in [6.07, 6.45) is 3.11. The van der Waals surface area contributed by atoms with Crippen LogP contribution in [0.15, 0.2) is 36.5 Å². The number of para-hydroxylation sites is 1. The molecule has 1 aliphatic heterocycles. The van der Waals surface area contributed by atoms with Crippen molar-refractivity contribution >= 4 is 22.8 Å². The van der Waals surface area contributed by atoms with E-state index in [9.17, 15) is 14.7 Å². The third-order valence-electron chi connectivity index (χ3n) is 4.46. The van der Waals surface area contributed by atoms with Gasteiger partial charge in [0.25, 0.3) is 0 Å². The largest absolute Gasteiger partial charge is 0.480 e. The minimum atomic E-state index is -1.09. The van der Waals surface area contributed by atoms with E-state index >= 15 is 0 Å². The van der Waals surface area contributed by atoms with Gasteiger partial charge in [0.05, 0.1) is 11.9 Å². The SMILES string of the molecule is CC1(C(=O)O)CCCN1C(=O)Cc1cccc2cccnc12. The average Bonchev–Trinajstić information content (AvgIpc) is 2.91. The number of rotatable bonds is 3. The Hall–Kier alpha value is -2.43. The molecule has 0 bridgehead atoms. The number of benzene rings is 1. The molecule has 0 radical (unpaired) electrons. The zero-order valence-corrected chi connectivity index (χ0v) is 12.5. The molecule has 3 rings (SSSR count). The molecule has 2 heterocycles. The van der Waals surface area contributed by atoms with Crippen molar-refractivity contribution in [3.63, 3.8) is 0 Å². The molecule has 0 aliphatic carbocycles. The van der Waals surface area contributed by atoms with Crippen LogP contribution in [0, 0.1) is 0 Å². The van der Waals surface area contributed by atoms with Gasteiger partial charge in [-0.05, 0) is 31.4 Å². The molecule has 1 N–H and O–H groups in total. The predicted octanol–water partition coefficient (Wildman–Crippen LogP) is 2.24. The summed E-state index contributed by atoms with van der Waals surface area (Å²) < 4.78 is 0. The topological polar surface area (TPSA) is 70.5 Å². The maximum atomic E-state index is 12.6. The average molecular weight is 298 g/mol. The number of aromatic nitrogens is 1. The molecule has 1 fully saturated rings. The van der Waals surface area contributed by atoms with Crippen LogP contribution in [0.2, 0.25) is 0 Å². The third-order valence-corrected chi connectivity index (χ3v) is 4.46. The lowest BCUT2D eigenvalue weighted by Gasteiger charge is -2.31. The number of hydrogen-bond acceptors (Lipinski definition) is 3. The Balaban J connectivity index is 1.89. The summed E-state index contributed by atoms with van der Waals surface area (Å²) in [7, 11) is 0. The molecule has 0 spiro atoms. The molecule has 1 atom stereocenters. The van der Waals surface area contributed by atoms with E-state index in [2.05, 4.69) is 4.98 Å². The summed E-state index contributed by atoms with van der Waals surface area (Å²) in [4.78, 5) is 30.0. The summed E-state index contributed by atoms with van der Waals surface area (Å²) in [6, 6.07) is 9.53. The van der Waals surface area contributed by atoms with Crippen LogP contribution in [0.25, 0.3) is 10.9 Å². The van der Waals surface area contributed by atoms with Crippen LogP contribution in [-0.2, 0) is 16.0 Å². The van der Waals surface area contributed by atoms with E-state index in [4.69, 9.17) is 0 Å². The standard InChI is InChI=1S/C17H18N2O3/c1-17(16(21)22)8-4-10-19(17)14(20)11-13-6-2-5-12-7-3-9-18-15(12)13/h2-3,5-7,9H,4,8,10-11H2,1H3,(H,21,22). The number of hydrogen-bond donors (Lipinski definition) is 1. The number of carboxylic acids is 1. The van der Waals surface area contributed by atoms with Crippen LogP contribution < -0.4 is 0 Å². The lowest BCUT2D eigenvalue weighted by molar-refractivity contribution is -0.155. The fourth-order valence-corrected chi connectivity index (χ4v) is 3.15. The highest BCUT2D eigenvalue weighted by Gasteiger charge is 2.45. The van der Waals surface area contributed by atoms with Gasteiger partial charge in [-0.3, -0.25) is 9.78 Å². The summed E-state index contributed by atoms with van der Waals surface area (Å²) >= 11 is 0. The van der Waals surface area contributed by atoms with Crippen molar-refractivity contribution in [2.75, 3.05) is 6.54 Å². The van der Waals surface area contributed by atoms with Crippen molar-refractivity contribution in [3.8, 4) is 0 Å². The Morgan fingerprint density at radius 2 is 2.09 bits per heavy atom. The molecule has 22 heavy (non-hydrogen) atoms. The van der Waals surface area contributed by atoms with Crippen molar-refractivity contribution < 1.29 is 14.7 Å².